The largest absolute Gasteiger partial charge is 0.508 e. The van der Waals surface area contributed by atoms with Crippen molar-refractivity contribution in [2.24, 2.45) is 0 Å². The second-order valence-electron chi connectivity index (χ2n) is 3.56. The highest BCUT2D eigenvalue weighted by Gasteiger charge is 2.13. The van der Waals surface area contributed by atoms with Gasteiger partial charge in [-0.2, -0.15) is 0 Å². The molecule has 14 heavy (non-hydrogen) atoms. The molecule has 0 atom stereocenters. The Hall–Kier alpha value is -1.22. The molecule has 0 spiro atoms. The van der Waals surface area contributed by atoms with Crippen molar-refractivity contribution in [3.63, 3.8) is 0 Å². The average Bonchev–Trinajstić information content (AvgIpc) is 2.23. The second-order valence-corrected chi connectivity index (χ2v) is 3.56. The number of hydrogen-bond donors (Lipinski definition) is 2. The summed E-state index contributed by atoms with van der Waals surface area (Å²) in [5.41, 5.74) is 0. The first-order chi connectivity index (χ1) is 6.84. The maximum Gasteiger partial charge on any atom is 0.119 e. The molecule has 0 unspecified atom stereocenters. The number of nitrogens with one attached hydrogen (secondary N) is 1. The van der Waals surface area contributed by atoms with Crippen LogP contribution in [0.15, 0.2) is 24.3 Å². The summed E-state index contributed by atoms with van der Waals surface area (Å²) in [6, 6.07) is 6.90. The summed E-state index contributed by atoms with van der Waals surface area (Å²) in [6.45, 7) is 2.06. The topological polar surface area (TPSA) is 41.5 Å². The van der Waals surface area contributed by atoms with Gasteiger partial charge >= 0.3 is 0 Å². The lowest BCUT2D eigenvalue weighted by atomic mass is 10.1. The predicted octanol–water partition coefficient (Wildman–Crippen LogP) is 1.52. The Morgan fingerprint density at radius 2 is 1.79 bits per heavy atom. The number of hydrogen-bond acceptors (Lipinski definition) is 3. The first-order valence-corrected chi connectivity index (χ1v) is 5.01. The summed E-state index contributed by atoms with van der Waals surface area (Å²) in [5, 5.41) is 12.4. The van der Waals surface area contributed by atoms with Crippen LogP contribution in [-0.2, 0) is 0 Å². The minimum Gasteiger partial charge on any atom is -0.508 e. The van der Waals surface area contributed by atoms with Crippen LogP contribution in [0.4, 0.5) is 0 Å². The van der Waals surface area contributed by atoms with Crippen molar-refractivity contribution >= 4 is 0 Å². The quantitative estimate of drug-likeness (QED) is 0.748. The minimum atomic E-state index is 0.280. The van der Waals surface area contributed by atoms with Gasteiger partial charge in [-0.15, -0.1) is 0 Å². The molecule has 0 aliphatic carbocycles. The van der Waals surface area contributed by atoms with Gasteiger partial charge in [-0.25, -0.2) is 0 Å². The molecule has 2 rings (SSSR count). The lowest BCUT2D eigenvalue weighted by molar-refractivity contribution is 0.162. The molecule has 1 aliphatic rings. The third-order valence-electron chi connectivity index (χ3n) is 2.43. The van der Waals surface area contributed by atoms with Gasteiger partial charge in [0, 0.05) is 0 Å². The van der Waals surface area contributed by atoms with Crippen LogP contribution in [0, 0.1) is 0 Å². The highest BCUT2D eigenvalue weighted by molar-refractivity contribution is 5.30. The average molecular weight is 193 g/mol. The molecule has 0 amide bonds. The Balaban J connectivity index is 1.92. The van der Waals surface area contributed by atoms with Crippen molar-refractivity contribution in [3.8, 4) is 11.5 Å². The molecule has 3 heteroatoms. The van der Waals surface area contributed by atoms with E-state index in [1.807, 2.05) is 0 Å². The summed E-state index contributed by atoms with van der Waals surface area (Å²) in [7, 11) is 0. The van der Waals surface area contributed by atoms with Gasteiger partial charge in [-0.1, -0.05) is 0 Å². The zero-order valence-electron chi connectivity index (χ0n) is 8.07. The van der Waals surface area contributed by atoms with Crippen molar-refractivity contribution in [2.45, 2.75) is 18.9 Å². The molecule has 1 fully saturated rings. The molecule has 0 aromatic heterocycles. The van der Waals surface area contributed by atoms with Crippen LogP contribution in [0.3, 0.4) is 0 Å². The fourth-order valence-corrected chi connectivity index (χ4v) is 1.63. The van der Waals surface area contributed by atoms with Gasteiger partial charge in [0.2, 0.25) is 0 Å². The molecule has 1 aliphatic heterocycles. The zero-order chi connectivity index (χ0) is 9.80. The van der Waals surface area contributed by atoms with Crippen LogP contribution in [0.1, 0.15) is 12.8 Å². The van der Waals surface area contributed by atoms with E-state index in [0.717, 1.165) is 31.7 Å². The first kappa shape index (κ1) is 9.34. The maximum atomic E-state index is 9.10. The molecule has 0 saturated carbocycles. The number of rotatable bonds is 2. The van der Waals surface area contributed by atoms with Crippen molar-refractivity contribution < 1.29 is 9.84 Å². The van der Waals surface area contributed by atoms with E-state index in [-0.39, 0.29) is 5.75 Å². The Morgan fingerprint density at radius 3 is 2.43 bits per heavy atom. The lowest BCUT2D eigenvalue weighted by Crippen LogP contribution is -2.34. The van der Waals surface area contributed by atoms with E-state index in [1.165, 1.54) is 0 Å². The van der Waals surface area contributed by atoms with Crippen LogP contribution >= 0.6 is 0 Å². The lowest BCUT2D eigenvalue weighted by Gasteiger charge is -2.23. The Labute approximate surface area is 83.7 Å². The van der Waals surface area contributed by atoms with Gasteiger partial charge in [0.05, 0.1) is 0 Å². The number of ether oxygens (including phenoxy) is 1. The van der Waals surface area contributed by atoms with Crippen LogP contribution in [-0.4, -0.2) is 24.3 Å². The third-order valence-corrected chi connectivity index (χ3v) is 2.43. The number of piperidine rings is 1. The van der Waals surface area contributed by atoms with Gasteiger partial charge in [-0.3, -0.25) is 0 Å². The van der Waals surface area contributed by atoms with E-state index in [2.05, 4.69) is 5.32 Å². The first-order valence-electron chi connectivity index (χ1n) is 5.01. The highest BCUT2D eigenvalue weighted by atomic mass is 16.5. The molecule has 3 nitrogen and oxygen atoms in total. The van der Waals surface area contributed by atoms with E-state index in [1.54, 1.807) is 24.3 Å². The Kier molecular flexibility index (Phi) is 2.89. The fraction of sp³-hybridized carbons (Fsp3) is 0.455. The Bertz CT molecular complexity index is 278. The van der Waals surface area contributed by atoms with E-state index < -0.39 is 0 Å². The molecule has 0 radical (unpaired) electrons. The molecule has 1 aromatic carbocycles. The Morgan fingerprint density at radius 1 is 1.14 bits per heavy atom. The molecule has 76 valence electrons. The van der Waals surface area contributed by atoms with Gasteiger partial charge < -0.3 is 15.2 Å². The van der Waals surface area contributed by atoms with Crippen LogP contribution in [0.5, 0.6) is 11.5 Å². The normalized spacial score (nSPS) is 18.0. The molecular formula is C11H15NO2. The smallest absolute Gasteiger partial charge is 0.119 e. The van der Waals surface area contributed by atoms with Gasteiger partial charge in [0.15, 0.2) is 0 Å². The molecule has 1 saturated heterocycles. The second kappa shape index (κ2) is 4.33. The van der Waals surface area contributed by atoms with Crippen LogP contribution in [0.25, 0.3) is 0 Å². The highest BCUT2D eigenvalue weighted by Crippen LogP contribution is 2.19. The van der Waals surface area contributed by atoms with Crippen molar-refractivity contribution in [2.75, 3.05) is 13.1 Å². The molecule has 1 heterocycles. The third kappa shape index (κ3) is 2.39. The molecule has 1 aromatic rings. The zero-order valence-corrected chi connectivity index (χ0v) is 8.07. The van der Waals surface area contributed by atoms with E-state index in [0.29, 0.717) is 6.10 Å². The van der Waals surface area contributed by atoms with Crippen molar-refractivity contribution in [1.82, 2.24) is 5.32 Å². The molecule has 0 bridgehead atoms. The summed E-state index contributed by atoms with van der Waals surface area (Å²) >= 11 is 0. The number of phenols is 1. The van der Waals surface area contributed by atoms with Crippen LogP contribution in [0.2, 0.25) is 0 Å². The summed E-state index contributed by atoms with van der Waals surface area (Å²) in [6.07, 6.45) is 2.43. The standard InChI is InChI=1S/C11H15NO2/c13-9-1-3-10(4-2-9)14-11-5-7-12-8-6-11/h1-4,11-13H,5-8H2. The van der Waals surface area contributed by atoms with Gasteiger partial charge in [0.1, 0.15) is 17.6 Å². The van der Waals surface area contributed by atoms with Gasteiger partial charge in [-0.05, 0) is 50.2 Å². The van der Waals surface area contributed by atoms with E-state index in [9.17, 15) is 0 Å². The van der Waals surface area contributed by atoms with Crippen molar-refractivity contribution in [3.05, 3.63) is 24.3 Å². The van der Waals surface area contributed by atoms with Crippen molar-refractivity contribution in [1.29, 1.82) is 0 Å². The summed E-state index contributed by atoms with van der Waals surface area (Å²) in [4.78, 5) is 0. The SMILES string of the molecule is Oc1ccc(OC2CCNCC2)cc1. The van der Waals surface area contributed by atoms with E-state index in [4.69, 9.17) is 9.84 Å². The maximum absolute atomic E-state index is 9.10. The summed E-state index contributed by atoms with van der Waals surface area (Å²) in [5.74, 6) is 1.12. The minimum absolute atomic E-state index is 0.280. The van der Waals surface area contributed by atoms with Gasteiger partial charge in [0.25, 0.3) is 0 Å². The van der Waals surface area contributed by atoms with Crippen LogP contribution < -0.4 is 10.1 Å². The number of benzene rings is 1. The fourth-order valence-electron chi connectivity index (χ4n) is 1.63. The summed E-state index contributed by atoms with van der Waals surface area (Å²) < 4.78 is 5.76. The number of aromatic hydroxyl groups is 1. The molecular weight excluding hydrogens is 178 g/mol. The monoisotopic (exact) mass is 193 g/mol. The van der Waals surface area contributed by atoms with E-state index >= 15 is 0 Å². The molecule has 2 N–H and O–H groups in total. The predicted molar refractivity (Wildman–Crippen MR) is 54.6 cm³/mol. The number of phenolic OH excluding ortho intramolecular Hbond substituents is 1.